The number of rotatable bonds is 8. The largest absolute Gasteiger partial charge is 0.444 e. The van der Waals surface area contributed by atoms with Gasteiger partial charge in [-0.1, -0.05) is 41.9 Å². The number of hydrogen-bond donors (Lipinski definition) is 1. The highest BCUT2D eigenvalue weighted by molar-refractivity contribution is 6.31. The van der Waals surface area contributed by atoms with E-state index >= 15 is 0 Å². The van der Waals surface area contributed by atoms with Crippen molar-refractivity contribution in [3.8, 4) is 0 Å². The Balaban J connectivity index is 1.67. The molecular formula is C27H37ClN4O3. The molecule has 2 amide bonds. The predicted octanol–water partition coefficient (Wildman–Crippen LogP) is 4.64. The van der Waals surface area contributed by atoms with Gasteiger partial charge in [-0.3, -0.25) is 4.79 Å². The molecule has 7 nitrogen and oxygen atoms in total. The molecule has 3 rings (SSSR count). The zero-order valence-electron chi connectivity index (χ0n) is 21.4. The van der Waals surface area contributed by atoms with E-state index in [1.54, 1.807) is 4.90 Å². The first-order valence-electron chi connectivity index (χ1n) is 12.0. The zero-order valence-corrected chi connectivity index (χ0v) is 22.2. The van der Waals surface area contributed by atoms with Crippen molar-refractivity contribution >= 4 is 29.3 Å². The second-order valence-electron chi connectivity index (χ2n) is 10.2. The standard InChI is InChI=1S/C27H37ClN4O3/c1-27(2,3)35-26(34)32-14-13-22-20(18-32)10-8-12-24(22)29-17-25(33)31(16-15-30(4)5)19-21-9-6-7-11-23(21)28/h6-12,29H,13-19H2,1-5H3. The van der Waals surface area contributed by atoms with Crippen LogP contribution in [0.5, 0.6) is 0 Å². The van der Waals surface area contributed by atoms with Crippen molar-refractivity contribution in [3.05, 3.63) is 64.2 Å². The second kappa shape index (κ2) is 11.8. The lowest BCUT2D eigenvalue weighted by Gasteiger charge is -2.32. The van der Waals surface area contributed by atoms with Gasteiger partial charge in [0.05, 0.1) is 6.54 Å². The molecule has 190 valence electrons. The van der Waals surface area contributed by atoms with Crippen LogP contribution in [0.15, 0.2) is 42.5 Å². The average molecular weight is 501 g/mol. The maximum Gasteiger partial charge on any atom is 0.410 e. The fourth-order valence-electron chi connectivity index (χ4n) is 3.98. The van der Waals surface area contributed by atoms with Crippen molar-refractivity contribution in [2.24, 2.45) is 0 Å². The van der Waals surface area contributed by atoms with Gasteiger partial charge in [0.15, 0.2) is 0 Å². The van der Waals surface area contributed by atoms with E-state index in [0.717, 1.165) is 28.9 Å². The first kappa shape index (κ1) is 26.8. The number of anilines is 1. The molecule has 2 aromatic rings. The Morgan fingerprint density at radius 3 is 2.51 bits per heavy atom. The smallest absolute Gasteiger partial charge is 0.410 e. The van der Waals surface area contributed by atoms with Crippen LogP contribution in [0.25, 0.3) is 0 Å². The fraction of sp³-hybridized carbons (Fsp3) is 0.481. The molecular weight excluding hydrogens is 464 g/mol. The number of nitrogens with zero attached hydrogens (tertiary/aromatic N) is 3. The molecule has 0 atom stereocenters. The third-order valence-electron chi connectivity index (χ3n) is 5.84. The number of carbonyl (C=O) groups excluding carboxylic acids is 2. The van der Waals surface area contributed by atoms with Gasteiger partial charge >= 0.3 is 6.09 Å². The van der Waals surface area contributed by atoms with E-state index in [-0.39, 0.29) is 18.5 Å². The van der Waals surface area contributed by atoms with Crippen LogP contribution >= 0.6 is 11.6 Å². The lowest BCUT2D eigenvalue weighted by Crippen LogP contribution is -2.40. The molecule has 0 fully saturated rings. The summed E-state index contributed by atoms with van der Waals surface area (Å²) in [6, 6.07) is 13.6. The summed E-state index contributed by atoms with van der Waals surface area (Å²) in [7, 11) is 3.99. The Labute approximate surface area is 214 Å². The van der Waals surface area contributed by atoms with Crippen LogP contribution in [0.3, 0.4) is 0 Å². The van der Waals surface area contributed by atoms with Gasteiger partial charge in [0.1, 0.15) is 5.60 Å². The highest BCUT2D eigenvalue weighted by Gasteiger charge is 2.27. The number of amides is 2. The molecule has 0 aliphatic carbocycles. The average Bonchev–Trinajstić information content (AvgIpc) is 2.79. The minimum atomic E-state index is -0.524. The van der Waals surface area contributed by atoms with Gasteiger partial charge in [0.2, 0.25) is 5.91 Å². The molecule has 0 saturated carbocycles. The third kappa shape index (κ3) is 7.87. The summed E-state index contributed by atoms with van der Waals surface area (Å²) in [5.74, 6) is 0.00978. The van der Waals surface area contributed by atoms with E-state index in [9.17, 15) is 9.59 Å². The van der Waals surface area contributed by atoms with Gasteiger partial charge in [-0.15, -0.1) is 0 Å². The molecule has 1 heterocycles. The maximum absolute atomic E-state index is 13.2. The summed E-state index contributed by atoms with van der Waals surface area (Å²) in [5.41, 5.74) is 3.56. The quantitative estimate of drug-likeness (QED) is 0.572. The molecule has 1 aliphatic heterocycles. The van der Waals surface area contributed by atoms with Crippen LogP contribution in [0, 0.1) is 0 Å². The van der Waals surface area contributed by atoms with Crippen LogP contribution in [0.4, 0.5) is 10.5 Å². The Morgan fingerprint density at radius 2 is 1.83 bits per heavy atom. The summed E-state index contributed by atoms with van der Waals surface area (Å²) in [4.78, 5) is 31.4. The first-order chi connectivity index (χ1) is 16.5. The number of hydrogen-bond acceptors (Lipinski definition) is 5. The molecule has 8 heteroatoms. The summed E-state index contributed by atoms with van der Waals surface area (Å²) < 4.78 is 5.53. The SMILES string of the molecule is CN(C)CCN(Cc1ccccc1Cl)C(=O)CNc1cccc2c1CCN(C(=O)OC(C)(C)C)C2. The molecule has 0 unspecified atom stereocenters. The number of halogens is 1. The summed E-state index contributed by atoms with van der Waals surface area (Å²) in [5, 5.41) is 4.01. The number of ether oxygens (including phenoxy) is 1. The third-order valence-corrected chi connectivity index (χ3v) is 6.21. The maximum atomic E-state index is 13.2. The summed E-state index contributed by atoms with van der Waals surface area (Å²) in [6.07, 6.45) is 0.406. The van der Waals surface area contributed by atoms with Crippen molar-refractivity contribution < 1.29 is 14.3 Å². The Bertz CT molecular complexity index is 1040. The minimum absolute atomic E-state index is 0.00978. The van der Waals surface area contributed by atoms with Gasteiger partial charge in [-0.25, -0.2) is 4.79 Å². The van der Waals surface area contributed by atoms with Crippen LogP contribution in [-0.4, -0.2) is 72.6 Å². The van der Waals surface area contributed by atoms with E-state index in [4.69, 9.17) is 16.3 Å². The summed E-state index contributed by atoms with van der Waals surface area (Å²) >= 11 is 6.36. The van der Waals surface area contributed by atoms with Crippen molar-refractivity contribution in [1.82, 2.24) is 14.7 Å². The lowest BCUT2D eigenvalue weighted by atomic mass is 9.98. The normalized spacial score (nSPS) is 13.4. The fourth-order valence-corrected chi connectivity index (χ4v) is 4.18. The van der Waals surface area contributed by atoms with E-state index in [2.05, 4.69) is 10.2 Å². The van der Waals surface area contributed by atoms with E-state index < -0.39 is 5.60 Å². The van der Waals surface area contributed by atoms with Crippen LogP contribution in [0.1, 0.15) is 37.5 Å². The van der Waals surface area contributed by atoms with Gasteiger partial charge < -0.3 is 24.8 Å². The molecule has 0 spiro atoms. The van der Waals surface area contributed by atoms with Gasteiger partial charge in [-0.05, 0) is 70.1 Å². The van der Waals surface area contributed by atoms with Gasteiger partial charge in [-0.2, -0.15) is 0 Å². The van der Waals surface area contributed by atoms with E-state index in [1.807, 2.05) is 82.2 Å². The Morgan fingerprint density at radius 1 is 1.09 bits per heavy atom. The van der Waals surface area contributed by atoms with Crippen LogP contribution < -0.4 is 5.32 Å². The van der Waals surface area contributed by atoms with Crippen LogP contribution in [0.2, 0.25) is 5.02 Å². The molecule has 35 heavy (non-hydrogen) atoms. The molecule has 0 saturated heterocycles. The second-order valence-corrected chi connectivity index (χ2v) is 10.6. The number of carbonyl (C=O) groups is 2. The highest BCUT2D eigenvalue weighted by atomic mass is 35.5. The van der Waals surface area contributed by atoms with Gasteiger partial charge in [0.25, 0.3) is 0 Å². The first-order valence-corrected chi connectivity index (χ1v) is 12.4. The van der Waals surface area contributed by atoms with Crippen LogP contribution in [-0.2, 0) is 29.0 Å². The van der Waals surface area contributed by atoms with Gasteiger partial charge in [0, 0.05) is 43.4 Å². The molecule has 2 aromatic carbocycles. The molecule has 0 aromatic heterocycles. The number of nitrogens with one attached hydrogen (secondary N) is 1. The van der Waals surface area contributed by atoms with Crippen molar-refractivity contribution in [2.45, 2.75) is 45.9 Å². The molecule has 1 aliphatic rings. The Hall–Kier alpha value is -2.77. The highest BCUT2D eigenvalue weighted by Crippen LogP contribution is 2.27. The summed E-state index contributed by atoms with van der Waals surface area (Å²) in [6.45, 7) is 8.70. The van der Waals surface area contributed by atoms with E-state index in [0.29, 0.717) is 37.6 Å². The molecule has 1 N–H and O–H groups in total. The molecule has 0 radical (unpaired) electrons. The van der Waals surface area contributed by atoms with Crippen molar-refractivity contribution in [1.29, 1.82) is 0 Å². The van der Waals surface area contributed by atoms with Crippen molar-refractivity contribution in [2.75, 3.05) is 45.6 Å². The molecule has 0 bridgehead atoms. The number of benzene rings is 2. The van der Waals surface area contributed by atoms with E-state index in [1.165, 1.54) is 0 Å². The Kier molecular flexibility index (Phi) is 9.03. The minimum Gasteiger partial charge on any atom is -0.444 e. The number of likely N-dealkylation sites (N-methyl/N-ethyl adjacent to an activating group) is 1. The predicted molar refractivity (Wildman–Crippen MR) is 141 cm³/mol. The topological polar surface area (TPSA) is 65.1 Å². The monoisotopic (exact) mass is 500 g/mol. The lowest BCUT2D eigenvalue weighted by molar-refractivity contribution is -0.130. The van der Waals surface area contributed by atoms with Crippen molar-refractivity contribution in [3.63, 3.8) is 0 Å². The number of fused-ring (bicyclic) bond motifs is 1. The zero-order chi connectivity index (χ0) is 25.6.